The van der Waals surface area contributed by atoms with Gasteiger partial charge in [-0.15, -0.1) is 0 Å². The molecule has 0 atom stereocenters. The normalized spacial score (nSPS) is 10.1. The highest BCUT2D eigenvalue weighted by Gasteiger charge is 2.11. The molecule has 80 valence electrons. The van der Waals surface area contributed by atoms with Crippen LogP contribution in [-0.2, 0) is 6.54 Å². The fourth-order valence-corrected chi connectivity index (χ4v) is 1.82. The molecule has 0 spiro atoms. The first-order chi connectivity index (χ1) is 7.74. The van der Waals surface area contributed by atoms with E-state index in [-0.39, 0.29) is 6.54 Å². The lowest BCUT2D eigenvalue weighted by Crippen LogP contribution is -1.97. The zero-order valence-corrected chi connectivity index (χ0v) is 9.70. The van der Waals surface area contributed by atoms with Crippen LogP contribution < -0.4 is 0 Å². The van der Waals surface area contributed by atoms with Crippen molar-refractivity contribution in [3.63, 3.8) is 0 Å². The number of benzene rings is 1. The van der Waals surface area contributed by atoms with E-state index in [0.717, 1.165) is 5.56 Å². The van der Waals surface area contributed by atoms with Crippen molar-refractivity contribution in [1.82, 2.24) is 9.55 Å². The van der Waals surface area contributed by atoms with Gasteiger partial charge >= 0.3 is 0 Å². The molecule has 0 unspecified atom stereocenters. The Balaban J connectivity index is 2.55. The smallest absolute Gasteiger partial charge is 0.142 e. The number of nitriles is 1. The quantitative estimate of drug-likeness (QED) is 0.822. The number of hydrogen-bond donors (Lipinski definition) is 0. The summed E-state index contributed by atoms with van der Waals surface area (Å²) in [6.07, 6.45) is 3.36. The Morgan fingerprint density at radius 2 is 2.19 bits per heavy atom. The van der Waals surface area contributed by atoms with Gasteiger partial charge in [-0.2, -0.15) is 5.26 Å². The van der Waals surface area contributed by atoms with Gasteiger partial charge < -0.3 is 4.57 Å². The largest absolute Gasteiger partial charge is 0.317 e. The molecule has 16 heavy (non-hydrogen) atoms. The molecule has 0 aliphatic carbocycles. The molecule has 5 heteroatoms. The zero-order valence-electron chi connectivity index (χ0n) is 8.19. The van der Waals surface area contributed by atoms with Crippen molar-refractivity contribution < 1.29 is 0 Å². The van der Waals surface area contributed by atoms with E-state index in [4.69, 9.17) is 28.5 Å². The van der Waals surface area contributed by atoms with Gasteiger partial charge in [0.2, 0.25) is 0 Å². The minimum absolute atomic E-state index is 0.234. The number of imidazole rings is 1. The highest BCUT2D eigenvalue weighted by atomic mass is 35.5. The highest BCUT2D eigenvalue weighted by Crippen LogP contribution is 2.32. The molecule has 0 aliphatic heterocycles. The first-order valence-corrected chi connectivity index (χ1v) is 5.32. The minimum Gasteiger partial charge on any atom is -0.317 e. The topological polar surface area (TPSA) is 41.6 Å². The molecule has 2 aromatic rings. The van der Waals surface area contributed by atoms with Crippen LogP contribution in [0.4, 0.5) is 0 Å². The maximum atomic E-state index is 8.68. The number of nitrogens with zero attached hydrogens (tertiary/aromatic N) is 3. The standard InChI is InChI=1S/C11H7Cl2N3/c12-9-3-1-2-8(10(9)13)11-15-5-7-16(11)6-4-14/h1-3,5,7H,6H2. The van der Waals surface area contributed by atoms with Crippen molar-refractivity contribution in [1.29, 1.82) is 5.26 Å². The summed E-state index contributed by atoms with van der Waals surface area (Å²) in [6, 6.07) is 7.40. The number of aromatic nitrogens is 2. The summed E-state index contributed by atoms with van der Waals surface area (Å²) in [6.45, 7) is 0.234. The Bertz CT molecular complexity index is 555. The lowest BCUT2D eigenvalue weighted by atomic mass is 10.2. The monoisotopic (exact) mass is 251 g/mol. The molecule has 3 nitrogen and oxygen atoms in total. The molecule has 2 rings (SSSR count). The minimum atomic E-state index is 0.234. The molecule has 1 aromatic heterocycles. The molecule has 1 heterocycles. The summed E-state index contributed by atoms with van der Waals surface area (Å²) in [5, 5.41) is 9.61. The van der Waals surface area contributed by atoms with Gasteiger partial charge in [0, 0.05) is 18.0 Å². The number of rotatable bonds is 2. The lowest BCUT2D eigenvalue weighted by Gasteiger charge is -2.06. The number of halogens is 2. The molecular formula is C11H7Cl2N3. The number of hydrogen-bond acceptors (Lipinski definition) is 2. The maximum absolute atomic E-state index is 8.68. The van der Waals surface area contributed by atoms with E-state index in [1.807, 2.05) is 6.07 Å². The van der Waals surface area contributed by atoms with Crippen molar-refractivity contribution in [2.45, 2.75) is 6.54 Å². The predicted molar refractivity (Wildman–Crippen MR) is 63.3 cm³/mol. The Hall–Kier alpha value is -1.50. The fourth-order valence-electron chi connectivity index (χ4n) is 1.43. The molecular weight excluding hydrogens is 245 g/mol. The van der Waals surface area contributed by atoms with Gasteiger partial charge in [0.25, 0.3) is 0 Å². The van der Waals surface area contributed by atoms with Crippen LogP contribution in [0.1, 0.15) is 0 Å². The molecule has 0 saturated carbocycles. The van der Waals surface area contributed by atoms with Gasteiger partial charge in [-0.1, -0.05) is 29.3 Å². The second-order valence-corrected chi connectivity index (χ2v) is 3.92. The van der Waals surface area contributed by atoms with E-state index < -0.39 is 0 Å². The van der Waals surface area contributed by atoms with Crippen LogP contribution in [0.15, 0.2) is 30.6 Å². The molecule has 1 aromatic carbocycles. The first kappa shape index (κ1) is 11.0. The summed E-state index contributed by atoms with van der Waals surface area (Å²) in [5.74, 6) is 0.647. The van der Waals surface area contributed by atoms with E-state index in [2.05, 4.69) is 11.1 Å². The van der Waals surface area contributed by atoms with Crippen LogP contribution in [0, 0.1) is 11.3 Å². The van der Waals surface area contributed by atoms with Crippen LogP contribution >= 0.6 is 23.2 Å². The molecule has 0 aliphatic rings. The van der Waals surface area contributed by atoms with Crippen molar-refractivity contribution >= 4 is 23.2 Å². The summed E-state index contributed by atoms with van der Waals surface area (Å²) >= 11 is 12.0. The van der Waals surface area contributed by atoms with E-state index in [1.165, 1.54) is 0 Å². The summed E-state index contributed by atoms with van der Waals surface area (Å²) in [5.41, 5.74) is 0.731. The molecule has 0 radical (unpaired) electrons. The predicted octanol–water partition coefficient (Wildman–Crippen LogP) is 3.38. The van der Waals surface area contributed by atoms with Gasteiger partial charge in [-0.25, -0.2) is 4.98 Å². The highest BCUT2D eigenvalue weighted by molar-refractivity contribution is 6.43. The van der Waals surface area contributed by atoms with Crippen molar-refractivity contribution in [2.75, 3.05) is 0 Å². The van der Waals surface area contributed by atoms with Crippen LogP contribution in [0.2, 0.25) is 10.0 Å². The van der Waals surface area contributed by atoms with E-state index in [0.29, 0.717) is 15.9 Å². The van der Waals surface area contributed by atoms with Gasteiger partial charge in [-0.05, 0) is 12.1 Å². The summed E-state index contributed by atoms with van der Waals surface area (Å²) < 4.78 is 1.72. The maximum Gasteiger partial charge on any atom is 0.142 e. The average molecular weight is 252 g/mol. The van der Waals surface area contributed by atoms with Crippen LogP contribution in [-0.4, -0.2) is 9.55 Å². The second-order valence-electron chi connectivity index (χ2n) is 3.14. The Labute approximate surface area is 103 Å². The van der Waals surface area contributed by atoms with Crippen LogP contribution in [0.25, 0.3) is 11.4 Å². The first-order valence-electron chi connectivity index (χ1n) is 4.56. The van der Waals surface area contributed by atoms with E-state index in [1.54, 1.807) is 29.1 Å². The Morgan fingerprint density at radius 1 is 1.38 bits per heavy atom. The third-order valence-corrected chi connectivity index (χ3v) is 2.97. The Kier molecular flexibility index (Phi) is 3.14. The molecule has 0 saturated heterocycles. The third-order valence-electron chi connectivity index (χ3n) is 2.15. The third kappa shape index (κ3) is 1.90. The van der Waals surface area contributed by atoms with Crippen LogP contribution in [0.3, 0.4) is 0 Å². The summed E-state index contributed by atoms with van der Waals surface area (Å²) in [4.78, 5) is 4.18. The lowest BCUT2D eigenvalue weighted by molar-refractivity contribution is 0.841. The zero-order chi connectivity index (χ0) is 11.5. The fraction of sp³-hybridized carbons (Fsp3) is 0.0909. The van der Waals surface area contributed by atoms with Crippen molar-refractivity contribution in [2.24, 2.45) is 0 Å². The molecule has 0 amide bonds. The van der Waals surface area contributed by atoms with Crippen molar-refractivity contribution in [3.8, 4) is 17.5 Å². The van der Waals surface area contributed by atoms with Gasteiger partial charge in [0.1, 0.15) is 12.4 Å². The van der Waals surface area contributed by atoms with Crippen LogP contribution in [0.5, 0.6) is 0 Å². The second kappa shape index (κ2) is 4.56. The van der Waals surface area contributed by atoms with E-state index in [9.17, 15) is 0 Å². The average Bonchev–Trinajstić information content (AvgIpc) is 2.71. The SMILES string of the molecule is N#CCn1ccnc1-c1cccc(Cl)c1Cl. The van der Waals surface area contributed by atoms with Gasteiger partial charge in [0.15, 0.2) is 0 Å². The van der Waals surface area contributed by atoms with Gasteiger partial charge in [0.05, 0.1) is 16.1 Å². The molecule has 0 bridgehead atoms. The van der Waals surface area contributed by atoms with Crippen molar-refractivity contribution in [3.05, 3.63) is 40.6 Å². The van der Waals surface area contributed by atoms with Gasteiger partial charge in [-0.3, -0.25) is 0 Å². The molecule has 0 fully saturated rings. The Morgan fingerprint density at radius 3 is 2.94 bits per heavy atom. The molecule has 0 N–H and O–H groups in total. The van der Waals surface area contributed by atoms with E-state index >= 15 is 0 Å². The summed E-state index contributed by atoms with van der Waals surface area (Å²) in [7, 11) is 0.